The molecule has 7 nitrogen and oxygen atoms in total. The average molecular weight is 440 g/mol. The number of methoxy groups -OCH3 is 1. The Morgan fingerprint density at radius 2 is 1.55 bits per heavy atom. The molecule has 0 amide bonds. The number of hydrogen-bond acceptors (Lipinski definition) is 6. The molecule has 0 saturated carbocycles. The van der Waals surface area contributed by atoms with Crippen LogP contribution >= 0.6 is 0 Å². The number of sulfonamides is 1. The molecule has 2 aromatic rings. The first kappa shape index (κ1) is 21.6. The monoisotopic (exact) mass is 439 g/mol. The second-order valence-corrected chi connectivity index (χ2v) is 11.7. The second-order valence-electron chi connectivity index (χ2n) is 7.39. The number of para-hydroxylation sites is 2. The largest absolute Gasteiger partial charge is 0.493 e. The Bertz CT molecular complexity index is 1060. The first-order valence-corrected chi connectivity index (χ1v) is 12.4. The van der Waals surface area contributed by atoms with Gasteiger partial charge in [-0.3, -0.25) is 0 Å². The van der Waals surface area contributed by atoms with Crippen LogP contribution in [0.1, 0.15) is 13.8 Å². The Hall–Kier alpha value is -2.10. The molecule has 1 fully saturated rings. The van der Waals surface area contributed by atoms with Gasteiger partial charge in [-0.15, -0.1) is 0 Å². The lowest BCUT2D eigenvalue weighted by atomic mass is 10.3. The third-order valence-corrected chi connectivity index (χ3v) is 8.94. The van der Waals surface area contributed by atoms with Gasteiger partial charge < -0.3 is 9.47 Å². The molecule has 1 heterocycles. The number of sulfone groups is 1. The highest BCUT2D eigenvalue weighted by molar-refractivity contribution is 7.92. The molecule has 0 atom stereocenters. The van der Waals surface area contributed by atoms with Crippen LogP contribution in [0.5, 0.6) is 17.2 Å². The summed E-state index contributed by atoms with van der Waals surface area (Å²) < 4.78 is 62.2. The van der Waals surface area contributed by atoms with Crippen molar-refractivity contribution in [1.29, 1.82) is 0 Å². The van der Waals surface area contributed by atoms with Crippen LogP contribution in [0.4, 0.5) is 0 Å². The van der Waals surface area contributed by atoms with Gasteiger partial charge in [-0.2, -0.15) is 4.31 Å². The van der Waals surface area contributed by atoms with Crippen molar-refractivity contribution >= 4 is 19.9 Å². The van der Waals surface area contributed by atoms with Crippen LogP contribution in [0.15, 0.2) is 53.4 Å². The molecular weight excluding hydrogens is 414 g/mol. The summed E-state index contributed by atoms with van der Waals surface area (Å²) in [7, 11) is -5.48. The summed E-state index contributed by atoms with van der Waals surface area (Å²) in [5.74, 6) is 1.64. The van der Waals surface area contributed by atoms with Gasteiger partial charge in [0, 0.05) is 13.1 Å². The Kier molecular flexibility index (Phi) is 6.21. The molecule has 158 valence electrons. The van der Waals surface area contributed by atoms with Crippen LogP contribution in [0, 0.1) is 5.92 Å². The lowest BCUT2D eigenvalue weighted by molar-refractivity contribution is 0.309. The molecule has 9 heteroatoms. The Morgan fingerprint density at radius 3 is 2.10 bits per heavy atom. The van der Waals surface area contributed by atoms with Gasteiger partial charge in [0.15, 0.2) is 21.3 Å². The smallest absolute Gasteiger partial charge is 0.243 e. The van der Waals surface area contributed by atoms with Crippen LogP contribution < -0.4 is 9.47 Å². The number of ether oxygens (including phenoxy) is 2. The number of hydrogen-bond donors (Lipinski definition) is 0. The van der Waals surface area contributed by atoms with E-state index in [2.05, 4.69) is 0 Å². The van der Waals surface area contributed by atoms with Crippen molar-refractivity contribution in [3.8, 4) is 17.2 Å². The highest BCUT2D eigenvalue weighted by Gasteiger charge is 2.43. The molecule has 1 aliphatic rings. The zero-order valence-corrected chi connectivity index (χ0v) is 18.2. The van der Waals surface area contributed by atoms with Crippen molar-refractivity contribution in [2.75, 3.05) is 26.0 Å². The van der Waals surface area contributed by atoms with Crippen LogP contribution in [-0.2, 0) is 19.9 Å². The molecule has 0 radical (unpaired) electrons. The fourth-order valence-corrected chi connectivity index (χ4v) is 6.82. The van der Waals surface area contributed by atoms with Gasteiger partial charge in [-0.25, -0.2) is 16.8 Å². The third-order valence-electron chi connectivity index (χ3n) is 4.65. The van der Waals surface area contributed by atoms with Crippen LogP contribution in [0.25, 0.3) is 0 Å². The zero-order valence-electron chi connectivity index (χ0n) is 16.6. The summed E-state index contributed by atoms with van der Waals surface area (Å²) in [4.78, 5) is 0.101. The molecule has 0 N–H and O–H groups in total. The summed E-state index contributed by atoms with van der Waals surface area (Å²) in [6, 6.07) is 13.2. The maximum absolute atomic E-state index is 12.7. The zero-order chi connectivity index (χ0) is 21.2. The molecule has 2 aromatic carbocycles. The Labute approximate surface area is 172 Å². The fourth-order valence-electron chi connectivity index (χ4n) is 3.08. The van der Waals surface area contributed by atoms with Gasteiger partial charge in [0.2, 0.25) is 10.0 Å². The number of nitrogens with zero attached hydrogens (tertiary/aromatic N) is 1. The first-order chi connectivity index (χ1) is 13.6. The van der Waals surface area contributed by atoms with Crippen LogP contribution in [0.2, 0.25) is 0 Å². The maximum atomic E-state index is 12.7. The van der Waals surface area contributed by atoms with E-state index in [1.165, 1.54) is 16.4 Å². The van der Waals surface area contributed by atoms with E-state index in [-0.39, 0.29) is 29.7 Å². The topological polar surface area (TPSA) is 90.0 Å². The average Bonchev–Trinajstić information content (AvgIpc) is 2.59. The molecule has 3 rings (SSSR count). The minimum atomic E-state index is -3.74. The van der Waals surface area contributed by atoms with Crippen molar-refractivity contribution in [3.63, 3.8) is 0 Å². The van der Waals surface area contributed by atoms with E-state index in [0.717, 1.165) is 0 Å². The molecule has 1 aliphatic heterocycles. The van der Waals surface area contributed by atoms with Gasteiger partial charge in [0.25, 0.3) is 0 Å². The molecule has 0 unspecified atom stereocenters. The molecule has 0 aliphatic carbocycles. The van der Waals surface area contributed by atoms with E-state index in [4.69, 9.17) is 9.47 Å². The highest BCUT2D eigenvalue weighted by Crippen LogP contribution is 2.32. The van der Waals surface area contributed by atoms with E-state index in [9.17, 15) is 16.8 Å². The maximum Gasteiger partial charge on any atom is 0.243 e. The summed E-state index contributed by atoms with van der Waals surface area (Å²) in [5.41, 5.74) is 0. The minimum Gasteiger partial charge on any atom is -0.493 e. The van der Waals surface area contributed by atoms with E-state index in [0.29, 0.717) is 17.2 Å². The lowest BCUT2D eigenvalue weighted by Gasteiger charge is -2.37. The second kappa shape index (κ2) is 8.33. The van der Waals surface area contributed by atoms with Crippen molar-refractivity contribution in [2.24, 2.45) is 5.92 Å². The van der Waals surface area contributed by atoms with Crippen LogP contribution in [-0.4, -0.2) is 52.3 Å². The van der Waals surface area contributed by atoms with Crippen molar-refractivity contribution in [2.45, 2.75) is 24.0 Å². The molecular formula is C20H25NO6S2. The van der Waals surface area contributed by atoms with Crippen molar-refractivity contribution < 1.29 is 26.3 Å². The number of rotatable bonds is 8. The van der Waals surface area contributed by atoms with Crippen molar-refractivity contribution in [1.82, 2.24) is 4.31 Å². The van der Waals surface area contributed by atoms with E-state index < -0.39 is 25.1 Å². The molecule has 1 saturated heterocycles. The molecule has 29 heavy (non-hydrogen) atoms. The SMILES string of the molecule is COc1ccccc1Oc1ccc(S(=O)(=O)N2CC(S(=O)(=O)CC(C)C)C2)cc1. The van der Waals surface area contributed by atoms with E-state index >= 15 is 0 Å². The molecule has 0 aromatic heterocycles. The van der Waals surface area contributed by atoms with Gasteiger partial charge in [0.1, 0.15) is 5.75 Å². The fraction of sp³-hybridized carbons (Fsp3) is 0.400. The summed E-state index contributed by atoms with van der Waals surface area (Å²) in [6.45, 7) is 3.66. The lowest BCUT2D eigenvalue weighted by Crippen LogP contribution is -2.57. The summed E-state index contributed by atoms with van der Waals surface area (Å²) in [5, 5.41) is -0.632. The normalized spacial score (nSPS) is 15.9. The van der Waals surface area contributed by atoms with Crippen molar-refractivity contribution in [3.05, 3.63) is 48.5 Å². The molecule has 0 spiro atoms. The Morgan fingerprint density at radius 1 is 0.966 bits per heavy atom. The summed E-state index contributed by atoms with van der Waals surface area (Å²) in [6.07, 6.45) is 0. The number of benzene rings is 2. The summed E-state index contributed by atoms with van der Waals surface area (Å²) >= 11 is 0. The first-order valence-electron chi connectivity index (χ1n) is 9.26. The van der Waals surface area contributed by atoms with Gasteiger partial charge in [0.05, 0.1) is 23.0 Å². The van der Waals surface area contributed by atoms with E-state index in [1.54, 1.807) is 31.4 Å². The van der Waals surface area contributed by atoms with E-state index in [1.807, 2.05) is 26.0 Å². The predicted molar refractivity (Wildman–Crippen MR) is 111 cm³/mol. The highest BCUT2D eigenvalue weighted by atomic mass is 32.2. The quantitative estimate of drug-likeness (QED) is 0.628. The minimum absolute atomic E-state index is 0.00312. The predicted octanol–water partition coefficient (Wildman–Crippen LogP) is 2.93. The van der Waals surface area contributed by atoms with Gasteiger partial charge in [-0.1, -0.05) is 26.0 Å². The molecule has 0 bridgehead atoms. The third kappa shape index (κ3) is 4.73. The van der Waals surface area contributed by atoms with Gasteiger partial charge in [-0.05, 0) is 42.3 Å². The van der Waals surface area contributed by atoms with Crippen LogP contribution in [0.3, 0.4) is 0 Å². The Balaban J connectivity index is 1.68. The standard InChI is InChI=1S/C20H25NO6S2/c1-15(2)14-28(22,23)18-12-21(13-18)29(24,25)17-10-8-16(9-11-17)27-20-7-5-4-6-19(20)26-3/h4-11,15,18H,12-14H2,1-3H3. The van der Waals surface area contributed by atoms with Gasteiger partial charge >= 0.3 is 0 Å².